The third-order valence-electron chi connectivity index (χ3n) is 2.05. The third-order valence-corrected chi connectivity index (χ3v) is 2.05. The number of ether oxygens (including phenoxy) is 1. The lowest BCUT2D eigenvalue weighted by Gasteiger charge is -1.92. The normalized spacial score (nSPS) is 10.9. The van der Waals surface area contributed by atoms with Crippen LogP contribution in [0.5, 0.6) is 0 Å². The number of fused-ring (bicyclic) bond motifs is 1. The maximum Gasteiger partial charge on any atom is 0.0960 e. The zero-order valence-electron chi connectivity index (χ0n) is 7.74. The fourth-order valence-electron chi connectivity index (χ4n) is 1.47. The summed E-state index contributed by atoms with van der Waals surface area (Å²) in [5.41, 5.74) is 2.09. The molecule has 0 aliphatic carbocycles. The fraction of sp³-hybridized carbons (Fsp3) is 0.300. The molecule has 0 atom stereocenters. The second-order valence-corrected chi connectivity index (χ2v) is 2.95. The molecule has 3 heteroatoms. The monoisotopic (exact) mass is 175 g/mol. The van der Waals surface area contributed by atoms with Gasteiger partial charge in [-0.15, -0.1) is 0 Å². The number of aryl methyl sites for hydroxylation is 1. The first-order valence-corrected chi connectivity index (χ1v) is 4.13. The topological polar surface area (TPSA) is 27.1 Å². The molecule has 2 rings (SSSR count). The molecule has 1 aromatic carbocycles. The van der Waals surface area contributed by atoms with Crippen molar-refractivity contribution in [2.45, 2.75) is 6.61 Å². The molecule has 0 N–H and O–H groups in total. The molecule has 13 heavy (non-hydrogen) atoms. The summed E-state index contributed by atoms with van der Waals surface area (Å²) in [6.45, 7) is 0.551. The van der Waals surface area contributed by atoms with E-state index in [1.165, 1.54) is 0 Å². The molecule has 2 aromatic rings. The largest absolute Gasteiger partial charge is 0.378 e. The lowest BCUT2D eigenvalue weighted by Crippen LogP contribution is -1.92. The molecule has 1 radical (unpaired) electrons. The number of aromatic nitrogens is 2. The lowest BCUT2D eigenvalue weighted by molar-refractivity contribution is 0.182. The van der Waals surface area contributed by atoms with Crippen LogP contribution >= 0.6 is 0 Å². The van der Waals surface area contributed by atoms with E-state index in [0.29, 0.717) is 6.61 Å². The quantitative estimate of drug-likeness (QED) is 0.692. The van der Waals surface area contributed by atoms with Crippen LogP contribution in [-0.4, -0.2) is 16.9 Å². The molecule has 0 fully saturated rings. The fourth-order valence-corrected chi connectivity index (χ4v) is 1.47. The Morgan fingerprint density at radius 2 is 2.46 bits per heavy atom. The highest BCUT2D eigenvalue weighted by atomic mass is 16.5. The molecule has 1 heterocycles. The molecule has 0 saturated heterocycles. The molecule has 3 nitrogen and oxygen atoms in total. The average Bonchev–Trinajstić information content (AvgIpc) is 2.46. The van der Waals surface area contributed by atoms with Crippen LogP contribution in [0, 0.1) is 6.07 Å². The Kier molecular flexibility index (Phi) is 2.02. The Balaban J connectivity index is 2.63. The molecule has 0 aliphatic heterocycles. The minimum absolute atomic E-state index is 0.551. The molecule has 0 spiro atoms. The van der Waals surface area contributed by atoms with Gasteiger partial charge in [0.25, 0.3) is 0 Å². The van der Waals surface area contributed by atoms with Crippen molar-refractivity contribution in [3.63, 3.8) is 0 Å². The maximum absolute atomic E-state index is 5.06. The van der Waals surface area contributed by atoms with Crippen molar-refractivity contribution >= 4 is 10.9 Å². The van der Waals surface area contributed by atoms with Gasteiger partial charge >= 0.3 is 0 Å². The van der Waals surface area contributed by atoms with Gasteiger partial charge in [0.15, 0.2) is 0 Å². The first-order valence-electron chi connectivity index (χ1n) is 4.13. The van der Waals surface area contributed by atoms with Crippen molar-refractivity contribution in [2.75, 3.05) is 7.11 Å². The van der Waals surface area contributed by atoms with E-state index in [1.54, 1.807) is 7.11 Å². The van der Waals surface area contributed by atoms with Crippen molar-refractivity contribution < 1.29 is 4.74 Å². The number of nitrogens with zero attached hydrogens (tertiary/aromatic N) is 2. The summed E-state index contributed by atoms with van der Waals surface area (Å²) in [6.07, 6.45) is 0. The first kappa shape index (κ1) is 8.26. The average molecular weight is 175 g/mol. The standard InChI is InChI=1S/C10H11N2O/c1-12-10-6-4-3-5-8(10)9(11-12)7-13-2/h4-6H,7H2,1-2H3. The second kappa shape index (κ2) is 3.18. The third kappa shape index (κ3) is 1.31. The molecule has 0 bridgehead atoms. The van der Waals surface area contributed by atoms with E-state index in [1.807, 2.05) is 29.9 Å². The summed E-state index contributed by atoms with van der Waals surface area (Å²) >= 11 is 0. The van der Waals surface area contributed by atoms with Gasteiger partial charge in [0, 0.05) is 19.5 Å². The van der Waals surface area contributed by atoms with Crippen molar-refractivity contribution in [1.29, 1.82) is 0 Å². The predicted molar refractivity (Wildman–Crippen MR) is 50.3 cm³/mol. The summed E-state index contributed by atoms with van der Waals surface area (Å²) in [4.78, 5) is 0. The van der Waals surface area contributed by atoms with Crippen LogP contribution in [0.3, 0.4) is 0 Å². The van der Waals surface area contributed by atoms with Crippen LogP contribution < -0.4 is 0 Å². The maximum atomic E-state index is 5.06. The minimum Gasteiger partial charge on any atom is -0.378 e. The van der Waals surface area contributed by atoms with E-state index in [0.717, 1.165) is 16.6 Å². The molecule has 67 valence electrons. The zero-order valence-corrected chi connectivity index (χ0v) is 7.74. The zero-order chi connectivity index (χ0) is 9.26. The Hall–Kier alpha value is -1.35. The highest BCUT2D eigenvalue weighted by molar-refractivity contribution is 5.81. The van der Waals surface area contributed by atoms with Gasteiger partial charge in [0.05, 0.1) is 17.8 Å². The Morgan fingerprint density at radius 1 is 1.62 bits per heavy atom. The molecule has 0 unspecified atom stereocenters. The molecule has 1 aromatic heterocycles. The lowest BCUT2D eigenvalue weighted by atomic mass is 10.2. The Bertz CT molecular complexity index is 420. The van der Waals surface area contributed by atoms with Gasteiger partial charge in [-0.25, -0.2) is 0 Å². The van der Waals surface area contributed by atoms with Gasteiger partial charge in [-0.2, -0.15) is 5.10 Å². The summed E-state index contributed by atoms with van der Waals surface area (Å²) in [5, 5.41) is 5.47. The van der Waals surface area contributed by atoms with Crippen LogP contribution in [0.4, 0.5) is 0 Å². The van der Waals surface area contributed by atoms with Crippen LogP contribution in [0.25, 0.3) is 10.9 Å². The van der Waals surface area contributed by atoms with E-state index in [9.17, 15) is 0 Å². The van der Waals surface area contributed by atoms with Crippen LogP contribution in [0.1, 0.15) is 5.69 Å². The SMILES string of the molecule is COCc1nn(C)c2cc[c]cc12. The second-order valence-electron chi connectivity index (χ2n) is 2.95. The van der Waals surface area contributed by atoms with Crippen molar-refractivity contribution in [3.05, 3.63) is 30.0 Å². The molecular weight excluding hydrogens is 164 g/mol. The number of methoxy groups -OCH3 is 1. The van der Waals surface area contributed by atoms with E-state index >= 15 is 0 Å². The van der Waals surface area contributed by atoms with E-state index in [-0.39, 0.29) is 0 Å². The van der Waals surface area contributed by atoms with Crippen LogP contribution in [0.2, 0.25) is 0 Å². The summed E-state index contributed by atoms with van der Waals surface area (Å²) in [6, 6.07) is 8.87. The van der Waals surface area contributed by atoms with Gasteiger partial charge in [-0.1, -0.05) is 6.07 Å². The summed E-state index contributed by atoms with van der Waals surface area (Å²) in [7, 11) is 3.61. The van der Waals surface area contributed by atoms with E-state index in [4.69, 9.17) is 4.74 Å². The molecule has 0 aliphatic rings. The van der Waals surface area contributed by atoms with Crippen LogP contribution in [-0.2, 0) is 18.4 Å². The predicted octanol–water partition coefficient (Wildman–Crippen LogP) is 1.52. The molecule has 0 amide bonds. The summed E-state index contributed by atoms with van der Waals surface area (Å²) < 4.78 is 6.92. The Labute approximate surface area is 76.9 Å². The van der Waals surface area contributed by atoms with E-state index in [2.05, 4.69) is 11.2 Å². The van der Waals surface area contributed by atoms with Crippen LogP contribution in [0.15, 0.2) is 18.2 Å². The number of hydrogen-bond donors (Lipinski definition) is 0. The smallest absolute Gasteiger partial charge is 0.0960 e. The van der Waals surface area contributed by atoms with E-state index < -0.39 is 0 Å². The van der Waals surface area contributed by atoms with Crippen molar-refractivity contribution in [3.8, 4) is 0 Å². The number of benzene rings is 1. The highest BCUT2D eigenvalue weighted by Gasteiger charge is 2.06. The summed E-state index contributed by atoms with van der Waals surface area (Å²) in [5.74, 6) is 0. The molecular formula is C10H11N2O. The van der Waals surface area contributed by atoms with Gasteiger partial charge in [0.2, 0.25) is 0 Å². The van der Waals surface area contributed by atoms with Crippen molar-refractivity contribution in [1.82, 2.24) is 9.78 Å². The van der Waals surface area contributed by atoms with Gasteiger partial charge in [-0.05, 0) is 18.2 Å². The number of hydrogen-bond acceptors (Lipinski definition) is 2. The van der Waals surface area contributed by atoms with Gasteiger partial charge in [-0.3, -0.25) is 4.68 Å². The first-order chi connectivity index (χ1) is 6.33. The highest BCUT2D eigenvalue weighted by Crippen LogP contribution is 2.17. The van der Waals surface area contributed by atoms with Gasteiger partial charge in [0.1, 0.15) is 0 Å². The van der Waals surface area contributed by atoms with Gasteiger partial charge < -0.3 is 4.74 Å². The number of rotatable bonds is 2. The minimum atomic E-state index is 0.551. The Morgan fingerprint density at radius 3 is 3.23 bits per heavy atom. The van der Waals surface area contributed by atoms with Crippen molar-refractivity contribution in [2.24, 2.45) is 7.05 Å². The molecule has 0 saturated carbocycles.